The molecule has 5 heteroatoms. The molecule has 0 saturated carbocycles. The van der Waals surface area contributed by atoms with Crippen molar-refractivity contribution in [1.82, 2.24) is 10.3 Å². The number of halogens is 1. The number of carbonyl (C=O) groups excluding carboxylic acids is 1. The first-order valence-corrected chi connectivity index (χ1v) is 8.80. The molecule has 1 unspecified atom stereocenters. The predicted molar refractivity (Wildman–Crippen MR) is 105 cm³/mol. The molecular formula is C21H20ClN3O. The number of rotatable bonds is 6. The largest absolute Gasteiger partial charge is 0.377 e. The molecule has 3 rings (SSSR count). The van der Waals surface area contributed by atoms with Gasteiger partial charge in [-0.05, 0) is 36.2 Å². The fourth-order valence-corrected chi connectivity index (χ4v) is 2.80. The highest BCUT2D eigenvalue weighted by atomic mass is 35.5. The third-order valence-corrected chi connectivity index (χ3v) is 4.44. The third-order valence-electron chi connectivity index (χ3n) is 4.08. The lowest BCUT2D eigenvalue weighted by atomic mass is 10.1. The van der Waals surface area contributed by atoms with Gasteiger partial charge >= 0.3 is 0 Å². The third kappa shape index (κ3) is 4.61. The lowest BCUT2D eigenvalue weighted by Crippen LogP contribution is -2.24. The van der Waals surface area contributed by atoms with Gasteiger partial charge in [-0.15, -0.1) is 0 Å². The maximum atomic E-state index is 12.2. The van der Waals surface area contributed by atoms with Crippen molar-refractivity contribution in [1.29, 1.82) is 0 Å². The van der Waals surface area contributed by atoms with E-state index in [9.17, 15) is 4.79 Å². The van der Waals surface area contributed by atoms with Crippen LogP contribution < -0.4 is 10.6 Å². The molecule has 2 N–H and O–H groups in total. The molecule has 1 heterocycles. The van der Waals surface area contributed by atoms with Gasteiger partial charge in [0.25, 0.3) is 5.91 Å². The minimum atomic E-state index is -0.229. The number of amides is 1. The summed E-state index contributed by atoms with van der Waals surface area (Å²) in [4.78, 5) is 16.5. The van der Waals surface area contributed by atoms with Crippen LogP contribution in [0.5, 0.6) is 0 Å². The van der Waals surface area contributed by atoms with Gasteiger partial charge in [-0.1, -0.05) is 60.1 Å². The quantitative estimate of drug-likeness (QED) is 0.657. The van der Waals surface area contributed by atoms with E-state index in [1.807, 2.05) is 42.5 Å². The molecule has 0 spiro atoms. The van der Waals surface area contributed by atoms with Crippen LogP contribution in [0, 0.1) is 0 Å². The number of aromatic nitrogens is 1. The summed E-state index contributed by atoms with van der Waals surface area (Å²) in [6, 6.07) is 21.3. The number of nitrogens with zero attached hydrogens (tertiary/aromatic N) is 1. The normalized spacial score (nSPS) is 11.6. The number of anilines is 1. The standard InChI is InChI=1S/C21H20ClN3O/c1-15(16-7-3-2-4-8-16)25-18-11-12-20(23-14-18)21(26)24-13-17-9-5-6-10-19(17)22/h2-12,14-15,25H,13H2,1H3,(H,24,26). The van der Waals surface area contributed by atoms with Gasteiger partial charge in [0.2, 0.25) is 0 Å². The molecule has 0 aliphatic rings. The molecule has 0 bridgehead atoms. The van der Waals surface area contributed by atoms with Crippen LogP contribution >= 0.6 is 11.6 Å². The van der Waals surface area contributed by atoms with Crippen LogP contribution in [0.4, 0.5) is 5.69 Å². The molecule has 0 radical (unpaired) electrons. The lowest BCUT2D eigenvalue weighted by Gasteiger charge is -2.15. The zero-order valence-corrected chi connectivity index (χ0v) is 15.2. The minimum absolute atomic E-state index is 0.151. The van der Waals surface area contributed by atoms with Gasteiger partial charge in [0, 0.05) is 17.6 Å². The predicted octanol–water partition coefficient (Wildman–Crippen LogP) is 4.84. The average molecular weight is 366 g/mol. The number of hydrogen-bond acceptors (Lipinski definition) is 3. The van der Waals surface area contributed by atoms with Gasteiger partial charge in [-0.25, -0.2) is 4.98 Å². The summed E-state index contributed by atoms with van der Waals surface area (Å²) >= 11 is 6.10. The molecule has 0 fully saturated rings. The molecule has 0 saturated heterocycles. The summed E-state index contributed by atoms with van der Waals surface area (Å²) < 4.78 is 0. The molecule has 1 amide bonds. The number of nitrogens with one attached hydrogen (secondary N) is 2. The molecule has 2 aromatic carbocycles. The first kappa shape index (κ1) is 18.0. The Morgan fingerprint density at radius 1 is 1.04 bits per heavy atom. The van der Waals surface area contributed by atoms with Crippen LogP contribution in [0.1, 0.15) is 34.6 Å². The fourth-order valence-electron chi connectivity index (χ4n) is 2.60. The van der Waals surface area contributed by atoms with Crippen LogP contribution in [0.2, 0.25) is 5.02 Å². The smallest absolute Gasteiger partial charge is 0.270 e. The van der Waals surface area contributed by atoms with Crippen molar-refractivity contribution in [2.45, 2.75) is 19.5 Å². The maximum absolute atomic E-state index is 12.2. The highest BCUT2D eigenvalue weighted by Gasteiger charge is 2.09. The molecule has 3 aromatic rings. The van der Waals surface area contributed by atoms with E-state index in [0.29, 0.717) is 17.3 Å². The molecule has 0 aliphatic heterocycles. The Bertz CT molecular complexity index is 866. The Labute approximate surface area is 158 Å². The highest BCUT2D eigenvalue weighted by Crippen LogP contribution is 2.18. The van der Waals surface area contributed by atoms with E-state index in [2.05, 4.69) is 34.7 Å². The fraction of sp³-hybridized carbons (Fsp3) is 0.143. The Morgan fingerprint density at radius 2 is 1.77 bits per heavy atom. The Balaban J connectivity index is 1.58. The van der Waals surface area contributed by atoms with E-state index < -0.39 is 0 Å². The van der Waals surface area contributed by atoms with Gasteiger partial charge in [0.05, 0.1) is 11.9 Å². The second-order valence-corrected chi connectivity index (χ2v) is 6.39. The minimum Gasteiger partial charge on any atom is -0.377 e. The van der Waals surface area contributed by atoms with Crippen LogP contribution in [0.3, 0.4) is 0 Å². The molecule has 0 aliphatic carbocycles. The van der Waals surface area contributed by atoms with Crippen molar-refractivity contribution in [3.63, 3.8) is 0 Å². The van der Waals surface area contributed by atoms with Crippen LogP contribution in [-0.4, -0.2) is 10.9 Å². The number of hydrogen-bond donors (Lipinski definition) is 2. The molecule has 26 heavy (non-hydrogen) atoms. The van der Waals surface area contributed by atoms with Crippen molar-refractivity contribution in [2.24, 2.45) is 0 Å². The highest BCUT2D eigenvalue weighted by molar-refractivity contribution is 6.31. The van der Waals surface area contributed by atoms with Crippen molar-refractivity contribution in [3.05, 3.63) is 94.8 Å². The van der Waals surface area contributed by atoms with Gasteiger partial charge in [0.1, 0.15) is 5.69 Å². The van der Waals surface area contributed by atoms with Gasteiger partial charge in [-0.2, -0.15) is 0 Å². The van der Waals surface area contributed by atoms with E-state index in [1.54, 1.807) is 18.3 Å². The molecule has 1 atom stereocenters. The summed E-state index contributed by atoms with van der Waals surface area (Å²) in [6.07, 6.45) is 1.67. The zero-order chi connectivity index (χ0) is 18.4. The molecule has 4 nitrogen and oxygen atoms in total. The number of carbonyl (C=O) groups is 1. The second kappa shape index (κ2) is 8.50. The summed E-state index contributed by atoms with van der Waals surface area (Å²) in [5.74, 6) is -0.229. The van der Waals surface area contributed by atoms with Crippen molar-refractivity contribution in [3.8, 4) is 0 Å². The Kier molecular flexibility index (Phi) is 5.87. The second-order valence-electron chi connectivity index (χ2n) is 5.98. The van der Waals surface area contributed by atoms with E-state index in [1.165, 1.54) is 5.56 Å². The van der Waals surface area contributed by atoms with Crippen LogP contribution in [0.25, 0.3) is 0 Å². The summed E-state index contributed by atoms with van der Waals surface area (Å²) in [6.45, 7) is 2.45. The van der Waals surface area contributed by atoms with E-state index in [0.717, 1.165) is 11.3 Å². The number of benzene rings is 2. The van der Waals surface area contributed by atoms with Gasteiger partial charge < -0.3 is 10.6 Å². The summed E-state index contributed by atoms with van der Waals surface area (Å²) in [7, 11) is 0. The van der Waals surface area contributed by atoms with Crippen molar-refractivity contribution >= 4 is 23.2 Å². The van der Waals surface area contributed by atoms with E-state index >= 15 is 0 Å². The maximum Gasteiger partial charge on any atom is 0.270 e. The van der Waals surface area contributed by atoms with Crippen LogP contribution in [-0.2, 0) is 6.54 Å². The van der Waals surface area contributed by atoms with Gasteiger partial charge in [0.15, 0.2) is 0 Å². The monoisotopic (exact) mass is 365 g/mol. The lowest BCUT2D eigenvalue weighted by molar-refractivity contribution is 0.0946. The van der Waals surface area contributed by atoms with Crippen LogP contribution in [0.15, 0.2) is 72.9 Å². The van der Waals surface area contributed by atoms with E-state index in [-0.39, 0.29) is 11.9 Å². The summed E-state index contributed by atoms with van der Waals surface area (Å²) in [5, 5.41) is 6.85. The first-order valence-electron chi connectivity index (χ1n) is 8.42. The molecular weight excluding hydrogens is 346 g/mol. The SMILES string of the molecule is CC(Nc1ccc(C(=O)NCc2ccccc2Cl)nc1)c1ccccc1. The van der Waals surface area contributed by atoms with Gasteiger partial charge in [-0.3, -0.25) is 4.79 Å². The molecule has 1 aromatic heterocycles. The molecule has 132 valence electrons. The average Bonchev–Trinajstić information content (AvgIpc) is 2.68. The Morgan fingerprint density at radius 3 is 2.46 bits per heavy atom. The Hall–Kier alpha value is -2.85. The number of pyridine rings is 1. The zero-order valence-electron chi connectivity index (χ0n) is 14.4. The topological polar surface area (TPSA) is 54.0 Å². The first-order chi connectivity index (χ1) is 12.6. The van der Waals surface area contributed by atoms with E-state index in [4.69, 9.17) is 11.6 Å². The van der Waals surface area contributed by atoms with Crippen molar-refractivity contribution < 1.29 is 4.79 Å². The van der Waals surface area contributed by atoms with Crippen molar-refractivity contribution in [2.75, 3.05) is 5.32 Å². The summed E-state index contributed by atoms with van der Waals surface area (Å²) in [5.41, 5.74) is 3.30.